The molecule has 1 aliphatic heterocycles. The predicted molar refractivity (Wildman–Crippen MR) is 88.4 cm³/mol. The molecule has 0 aromatic heterocycles. The van der Waals surface area contributed by atoms with Crippen molar-refractivity contribution < 1.29 is 9.53 Å². The molecule has 0 aliphatic carbocycles. The normalized spacial score (nSPS) is 16.1. The van der Waals surface area contributed by atoms with Gasteiger partial charge in [-0.1, -0.05) is 54.1 Å². The lowest BCUT2D eigenvalue weighted by Gasteiger charge is -1.94. The number of carbonyl (C=O) groups is 1. The van der Waals surface area contributed by atoms with Gasteiger partial charge in [0.2, 0.25) is 5.90 Å². The summed E-state index contributed by atoms with van der Waals surface area (Å²) < 4.78 is 5.12. The molecule has 0 fully saturated rings. The van der Waals surface area contributed by atoms with E-state index in [1.807, 2.05) is 48.5 Å². The molecule has 0 N–H and O–H groups in total. The Hall–Kier alpha value is -2.65. The fourth-order valence-electron chi connectivity index (χ4n) is 1.95. The van der Waals surface area contributed by atoms with Gasteiger partial charge in [0.05, 0.1) is 0 Å². The van der Waals surface area contributed by atoms with E-state index in [-0.39, 0.29) is 11.6 Å². The largest absolute Gasteiger partial charge is 0.403 e. The highest BCUT2D eigenvalue weighted by Gasteiger charge is 2.20. The van der Waals surface area contributed by atoms with Gasteiger partial charge in [0, 0.05) is 11.1 Å². The number of nitrogens with zero attached hydrogens (tertiary/aromatic N) is 1. The molecule has 1 aliphatic rings. The van der Waals surface area contributed by atoms with E-state index < -0.39 is 5.97 Å². The number of halogens is 1. The molecule has 108 valence electrons. The number of benzene rings is 2. The van der Waals surface area contributed by atoms with E-state index in [1.165, 1.54) is 0 Å². The van der Waals surface area contributed by atoms with E-state index in [0.29, 0.717) is 5.02 Å². The summed E-state index contributed by atoms with van der Waals surface area (Å²) in [5.41, 5.74) is 2.12. The molecular formula is C18H12ClNO2. The SMILES string of the molecule is O=C1OC(/C=C/c2ccccc2)=NC/1=C\c1ccc(Cl)cc1. The van der Waals surface area contributed by atoms with Crippen LogP contribution < -0.4 is 0 Å². The van der Waals surface area contributed by atoms with Crippen LogP contribution in [0.15, 0.2) is 71.4 Å². The summed E-state index contributed by atoms with van der Waals surface area (Å²) in [4.78, 5) is 16.0. The topological polar surface area (TPSA) is 38.7 Å². The van der Waals surface area contributed by atoms with Gasteiger partial charge in [-0.2, -0.15) is 0 Å². The zero-order valence-electron chi connectivity index (χ0n) is 11.6. The van der Waals surface area contributed by atoms with Gasteiger partial charge in [0.15, 0.2) is 5.70 Å². The molecule has 0 saturated carbocycles. The molecule has 2 aromatic carbocycles. The third kappa shape index (κ3) is 3.51. The van der Waals surface area contributed by atoms with Crippen molar-refractivity contribution in [2.45, 2.75) is 0 Å². The molecule has 3 nitrogen and oxygen atoms in total. The lowest BCUT2D eigenvalue weighted by molar-refractivity contribution is -0.129. The van der Waals surface area contributed by atoms with Crippen LogP contribution in [0, 0.1) is 0 Å². The summed E-state index contributed by atoms with van der Waals surface area (Å²) in [6.45, 7) is 0. The first-order valence-corrected chi connectivity index (χ1v) is 7.10. The number of hydrogen-bond donors (Lipinski definition) is 0. The second-order valence-electron chi connectivity index (χ2n) is 4.66. The van der Waals surface area contributed by atoms with E-state index >= 15 is 0 Å². The maximum Gasteiger partial charge on any atom is 0.363 e. The molecule has 2 aromatic rings. The molecule has 0 atom stereocenters. The average molecular weight is 310 g/mol. The first kappa shape index (κ1) is 14.3. The number of cyclic esters (lactones) is 1. The quantitative estimate of drug-likeness (QED) is 0.624. The molecule has 0 unspecified atom stereocenters. The monoisotopic (exact) mass is 309 g/mol. The number of hydrogen-bond acceptors (Lipinski definition) is 3. The molecule has 4 heteroatoms. The molecule has 0 bridgehead atoms. The van der Waals surface area contributed by atoms with Gasteiger partial charge in [-0.15, -0.1) is 0 Å². The Morgan fingerprint density at radius 3 is 2.36 bits per heavy atom. The molecular weight excluding hydrogens is 298 g/mol. The minimum Gasteiger partial charge on any atom is -0.403 e. The van der Waals surface area contributed by atoms with Gasteiger partial charge in [-0.3, -0.25) is 0 Å². The van der Waals surface area contributed by atoms with Gasteiger partial charge in [0.1, 0.15) is 0 Å². The summed E-state index contributed by atoms with van der Waals surface area (Å²) in [6, 6.07) is 16.9. The molecule has 0 radical (unpaired) electrons. The highest BCUT2D eigenvalue weighted by atomic mass is 35.5. The number of ether oxygens (including phenoxy) is 1. The van der Waals surface area contributed by atoms with Crippen molar-refractivity contribution in [1.29, 1.82) is 0 Å². The van der Waals surface area contributed by atoms with Crippen LogP contribution in [0.1, 0.15) is 11.1 Å². The summed E-state index contributed by atoms with van der Waals surface area (Å²) >= 11 is 5.83. The number of aliphatic imine (C=N–C) groups is 1. The Kier molecular flexibility index (Phi) is 4.17. The van der Waals surface area contributed by atoms with E-state index in [4.69, 9.17) is 16.3 Å². The van der Waals surface area contributed by atoms with Crippen molar-refractivity contribution in [3.63, 3.8) is 0 Å². The Labute approximate surface area is 133 Å². The summed E-state index contributed by atoms with van der Waals surface area (Å²) in [5, 5.41) is 0.645. The highest BCUT2D eigenvalue weighted by molar-refractivity contribution is 6.30. The Morgan fingerprint density at radius 2 is 1.64 bits per heavy atom. The maximum atomic E-state index is 11.8. The van der Waals surface area contributed by atoms with Crippen molar-refractivity contribution in [2.24, 2.45) is 4.99 Å². The van der Waals surface area contributed by atoms with Gasteiger partial charge in [-0.05, 0) is 35.4 Å². The highest BCUT2D eigenvalue weighted by Crippen LogP contribution is 2.18. The molecule has 0 amide bonds. The first-order chi connectivity index (χ1) is 10.7. The smallest absolute Gasteiger partial charge is 0.363 e. The van der Waals surface area contributed by atoms with E-state index in [9.17, 15) is 4.79 Å². The van der Waals surface area contributed by atoms with E-state index in [0.717, 1.165) is 11.1 Å². The molecule has 22 heavy (non-hydrogen) atoms. The third-order valence-corrected chi connectivity index (χ3v) is 3.28. The number of rotatable bonds is 3. The van der Waals surface area contributed by atoms with Crippen molar-refractivity contribution >= 4 is 35.6 Å². The van der Waals surface area contributed by atoms with Gasteiger partial charge >= 0.3 is 5.97 Å². The van der Waals surface area contributed by atoms with Crippen molar-refractivity contribution in [3.05, 3.63) is 82.5 Å². The lowest BCUT2D eigenvalue weighted by Crippen LogP contribution is -2.01. The standard InChI is InChI=1S/C18H12ClNO2/c19-15-9-6-14(7-10-15)12-16-18(21)22-17(20-16)11-8-13-4-2-1-3-5-13/h1-12H/b11-8+,16-12-. The zero-order valence-corrected chi connectivity index (χ0v) is 12.3. The van der Waals surface area contributed by atoms with Gasteiger partial charge in [0.25, 0.3) is 0 Å². The van der Waals surface area contributed by atoms with Gasteiger partial charge in [-0.25, -0.2) is 9.79 Å². The van der Waals surface area contributed by atoms with Crippen LogP contribution in [-0.4, -0.2) is 11.9 Å². The van der Waals surface area contributed by atoms with Crippen molar-refractivity contribution in [1.82, 2.24) is 0 Å². The minimum atomic E-state index is -0.456. The van der Waals surface area contributed by atoms with Crippen LogP contribution in [0.4, 0.5) is 0 Å². The molecule has 0 spiro atoms. The van der Waals surface area contributed by atoms with Gasteiger partial charge < -0.3 is 4.74 Å². The van der Waals surface area contributed by atoms with Crippen LogP contribution in [0.3, 0.4) is 0 Å². The predicted octanol–water partition coefficient (Wildman–Crippen LogP) is 4.35. The fraction of sp³-hybridized carbons (Fsp3) is 0. The summed E-state index contributed by atoms with van der Waals surface area (Å²) in [7, 11) is 0. The molecule has 3 rings (SSSR count). The third-order valence-electron chi connectivity index (χ3n) is 3.03. The second kappa shape index (κ2) is 6.41. The summed E-state index contributed by atoms with van der Waals surface area (Å²) in [6.07, 6.45) is 5.19. The minimum absolute atomic E-state index is 0.273. The van der Waals surface area contributed by atoms with Crippen LogP contribution in [-0.2, 0) is 9.53 Å². The lowest BCUT2D eigenvalue weighted by atomic mass is 10.2. The van der Waals surface area contributed by atoms with Crippen LogP contribution in [0.5, 0.6) is 0 Å². The Balaban J connectivity index is 1.79. The van der Waals surface area contributed by atoms with Crippen LogP contribution in [0.25, 0.3) is 12.2 Å². The first-order valence-electron chi connectivity index (χ1n) is 6.72. The summed E-state index contributed by atoms with van der Waals surface area (Å²) in [5.74, 6) is -0.170. The Morgan fingerprint density at radius 1 is 0.909 bits per heavy atom. The average Bonchev–Trinajstić information content (AvgIpc) is 2.89. The van der Waals surface area contributed by atoms with E-state index in [2.05, 4.69) is 4.99 Å². The number of carbonyl (C=O) groups excluding carboxylic acids is 1. The Bertz CT molecular complexity index is 774. The number of esters is 1. The molecule has 0 saturated heterocycles. The van der Waals surface area contributed by atoms with Crippen molar-refractivity contribution in [3.8, 4) is 0 Å². The fourth-order valence-corrected chi connectivity index (χ4v) is 2.07. The van der Waals surface area contributed by atoms with Crippen LogP contribution >= 0.6 is 11.6 Å². The maximum absolute atomic E-state index is 11.8. The molecule has 1 heterocycles. The second-order valence-corrected chi connectivity index (χ2v) is 5.10. The zero-order chi connectivity index (χ0) is 15.4. The van der Waals surface area contributed by atoms with E-state index in [1.54, 1.807) is 24.3 Å². The van der Waals surface area contributed by atoms with Crippen molar-refractivity contribution in [2.75, 3.05) is 0 Å². The van der Waals surface area contributed by atoms with Crippen LogP contribution in [0.2, 0.25) is 5.02 Å².